The number of amides is 1. The van der Waals surface area contributed by atoms with E-state index in [1.54, 1.807) is 43.0 Å². The van der Waals surface area contributed by atoms with Crippen molar-refractivity contribution in [2.45, 2.75) is 64.1 Å². The Morgan fingerprint density at radius 3 is 2.26 bits per heavy atom. The minimum absolute atomic E-state index is 0.0312. The number of rotatable bonds is 11. The smallest absolute Gasteiger partial charge is 0.417 e. The number of halogens is 3. The molecule has 2 aromatic carbocycles. The minimum Gasteiger partial charge on any atom is -0.494 e. The summed E-state index contributed by atoms with van der Waals surface area (Å²) in [5, 5.41) is 9.12. The number of benzene rings is 2. The van der Waals surface area contributed by atoms with Gasteiger partial charge >= 0.3 is 12.1 Å². The van der Waals surface area contributed by atoms with Crippen LogP contribution in [0.15, 0.2) is 42.5 Å². The Morgan fingerprint density at radius 1 is 1.03 bits per heavy atom. The maximum atomic E-state index is 13.5. The van der Waals surface area contributed by atoms with E-state index in [0.29, 0.717) is 24.5 Å². The summed E-state index contributed by atoms with van der Waals surface area (Å²) in [6.45, 7) is 3.81. The second kappa shape index (κ2) is 12.5. The second-order valence-corrected chi connectivity index (χ2v) is 9.96. The van der Waals surface area contributed by atoms with E-state index in [4.69, 9.17) is 22.2 Å². The number of anilines is 2. The van der Waals surface area contributed by atoms with Crippen LogP contribution in [-0.4, -0.2) is 36.2 Å². The van der Waals surface area contributed by atoms with Crippen LogP contribution < -0.4 is 14.5 Å². The number of carbonyl (C=O) groups is 2. The summed E-state index contributed by atoms with van der Waals surface area (Å²) in [6, 6.07) is 11.6. The number of carbonyl (C=O) groups excluding carboxylic acids is 2. The fraction of sp³-hybridized carbons (Fsp3) is 0.429. The molecule has 2 aromatic rings. The molecular weight excluding hydrogens is 531 g/mol. The van der Waals surface area contributed by atoms with Crippen LogP contribution >= 0.6 is 12.2 Å². The van der Waals surface area contributed by atoms with E-state index in [0.717, 1.165) is 49.1 Å². The average molecular weight is 562 g/mol. The summed E-state index contributed by atoms with van der Waals surface area (Å²) in [5.41, 5.74) is -2.30. The van der Waals surface area contributed by atoms with Gasteiger partial charge in [0.25, 0.3) is 5.91 Å². The number of hydrogen-bond donors (Lipinski definition) is 0. The number of unbranched alkanes of at least 4 members (excludes halogenated alkanes) is 4. The van der Waals surface area contributed by atoms with E-state index in [1.165, 1.54) is 19.2 Å². The predicted octanol–water partition coefficient (Wildman–Crippen LogP) is 6.39. The molecule has 1 saturated heterocycles. The van der Waals surface area contributed by atoms with Crippen molar-refractivity contribution in [2.24, 2.45) is 0 Å². The quantitative estimate of drug-likeness (QED) is 0.179. The third-order valence-corrected chi connectivity index (χ3v) is 6.84. The molecule has 0 N–H and O–H groups in total. The van der Waals surface area contributed by atoms with Gasteiger partial charge in [-0.05, 0) is 81.4 Å². The van der Waals surface area contributed by atoms with E-state index in [1.807, 2.05) is 0 Å². The molecule has 1 heterocycles. The zero-order valence-electron chi connectivity index (χ0n) is 22.0. The molecule has 0 aliphatic carbocycles. The Balaban J connectivity index is 1.65. The lowest BCUT2D eigenvalue weighted by Crippen LogP contribution is -2.44. The van der Waals surface area contributed by atoms with E-state index < -0.39 is 28.7 Å². The molecule has 1 amide bonds. The van der Waals surface area contributed by atoms with Crippen molar-refractivity contribution in [3.8, 4) is 11.8 Å². The van der Waals surface area contributed by atoms with Crippen molar-refractivity contribution in [1.82, 2.24) is 0 Å². The van der Waals surface area contributed by atoms with Crippen LogP contribution in [0.25, 0.3) is 0 Å². The van der Waals surface area contributed by atoms with Crippen LogP contribution in [0, 0.1) is 11.3 Å². The van der Waals surface area contributed by atoms with Gasteiger partial charge in [0.2, 0.25) is 0 Å². The van der Waals surface area contributed by atoms with Crippen molar-refractivity contribution in [3.05, 3.63) is 53.6 Å². The molecule has 0 atom stereocenters. The van der Waals surface area contributed by atoms with Crippen LogP contribution in [-0.2, 0) is 20.5 Å². The highest BCUT2D eigenvalue weighted by molar-refractivity contribution is 7.81. The van der Waals surface area contributed by atoms with Crippen molar-refractivity contribution in [2.75, 3.05) is 23.5 Å². The molecule has 39 heavy (non-hydrogen) atoms. The number of thiocarbonyl (C=S) groups is 1. The van der Waals surface area contributed by atoms with Gasteiger partial charge in [-0.1, -0.05) is 19.3 Å². The van der Waals surface area contributed by atoms with Gasteiger partial charge in [-0.3, -0.25) is 14.5 Å². The van der Waals surface area contributed by atoms with Crippen LogP contribution in [0.3, 0.4) is 0 Å². The molecule has 0 unspecified atom stereocenters. The van der Waals surface area contributed by atoms with Gasteiger partial charge < -0.3 is 14.4 Å². The lowest BCUT2D eigenvalue weighted by molar-refractivity contribution is -0.141. The van der Waals surface area contributed by atoms with Crippen molar-refractivity contribution in [3.63, 3.8) is 0 Å². The summed E-state index contributed by atoms with van der Waals surface area (Å²) >= 11 is 5.56. The van der Waals surface area contributed by atoms with Crippen LogP contribution in [0.4, 0.5) is 24.5 Å². The normalized spacial score (nSPS) is 14.9. The van der Waals surface area contributed by atoms with E-state index in [9.17, 15) is 22.8 Å². The van der Waals surface area contributed by atoms with Crippen LogP contribution in [0.2, 0.25) is 0 Å². The predicted molar refractivity (Wildman–Crippen MR) is 144 cm³/mol. The summed E-state index contributed by atoms with van der Waals surface area (Å²) in [5.74, 6) is -0.0449. The van der Waals surface area contributed by atoms with Crippen molar-refractivity contribution in [1.29, 1.82) is 5.26 Å². The van der Waals surface area contributed by atoms with E-state index >= 15 is 0 Å². The number of alkyl halides is 3. The van der Waals surface area contributed by atoms with Gasteiger partial charge in [-0.2, -0.15) is 18.4 Å². The summed E-state index contributed by atoms with van der Waals surface area (Å²) in [6.07, 6.45) is 0.247. The average Bonchev–Trinajstić information content (AvgIpc) is 3.08. The number of nitriles is 1. The first-order valence-corrected chi connectivity index (χ1v) is 12.9. The fourth-order valence-electron chi connectivity index (χ4n) is 4.34. The first kappa shape index (κ1) is 29.9. The van der Waals surface area contributed by atoms with Gasteiger partial charge in [-0.15, -0.1) is 0 Å². The van der Waals surface area contributed by atoms with Gasteiger partial charge in [-0.25, -0.2) is 0 Å². The Bertz CT molecular complexity index is 1260. The maximum Gasteiger partial charge on any atom is 0.417 e. The number of hydrogen-bond acceptors (Lipinski definition) is 6. The number of nitrogens with zero attached hydrogens (tertiary/aromatic N) is 3. The molecule has 1 aliphatic heterocycles. The Kier molecular flexibility index (Phi) is 9.56. The molecule has 0 saturated carbocycles. The van der Waals surface area contributed by atoms with E-state index in [-0.39, 0.29) is 16.8 Å². The molecular formula is C28H30F3N3O4S. The monoisotopic (exact) mass is 561 g/mol. The standard InChI is InChI=1S/C28H30F3N3O4S/c1-27(2)25(36)33(21-11-10-19(18-32)23(17-21)28(29,30)31)26(39)34(27)20-12-14-22(15-13-20)38-16-8-6-4-5-7-9-24(35)37-3/h10-15,17H,4-9,16H2,1-3H3. The molecule has 1 fully saturated rings. The third kappa shape index (κ3) is 6.87. The summed E-state index contributed by atoms with van der Waals surface area (Å²) in [7, 11) is 1.38. The molecule has 7 nitrogen and oxygen atoms in total. The molecule has 0 spiro atoms. The highest BCUT2D eigenvalue weighted by Gasteiger charge is 2.50. The van der Waals surface area contributed by atoms with Crippen LogP contribution in [0.5, 0.6) is 5.75 Å². The topological polar surface area (TPSA) is 82.9 Å². The maximum absolute atomic E-state index is 13.5. The molecule has 3 rings (SSSR count). The lowest BCUT2D eigenvalue weighted by atomic mass is 10.0. The Morgan fingerprint density at radius 2 is 1.64 bits per heavy atom. The van der Waals surface area contributed by atoms with Crippen molar-refractivity contribution >= 4 is 40.6 Å². The van der Waals surface area contributed by atoms with Gasteiger partial charge in [0.15, 0.2) is 5.11 Å². The highest BCUT2D eigenvalue weighted by atomic mass is 32.1. The summed E-state index contributed by atoms with van der Waals surface area (Å²) < 4.78 is 51.0. The zero-order chi connectivity index (χ0) is 28.8. The lowest BCUT2D eigenvalue weighted by Gasteiger charge is -2.29. The largest absolute Gasteiger partial charge is 0.494 e. The van der Waals surface area contributed by atoms with E-state index in [2.05, 4.69) is 4.74 Å². The molecule has 208 valence electrons. The first-order valence-electron chi connectivity index (χ1n) is 12.5. The third-order valence-electron chi connectivity index (χ3n) is 6.47. The number of methoxy groups -OCH3 is 1. The SMILES string of the molecule is COC(=O)CCCCCCCOc1ccc(N2C(=S)N(c3ccc(C#N)c(C(F)(F)F)c3)C(=O)C2(C)C)cc1. The van der Waals surface area contributed by atoms with Gasteiger partial charge in [0.1, 0.15) is 11.3 Å². The number of esters is 1. The summed E-state index contributed by atoms with van der Waals surface area (Å²) in [4.78, 5) is 27.1. The first-order chi connectivity index (χ1) is 18.4. The minimum atomic E-state index is -4.76. The second-order valence-electron chi connectivity index (χ2n) is 9.59. The van der Waals surface area contributed by atoms with Gasteiger partial charge in [0.05, 0.1) is 36.6 Å². The molecule has 1 aliphatic rings. The molecule has 0 aromatic heterocycles. The van der Waals surface area contributed by atoms with Crippen LogP contribution in [0.1, 0.15) is 63.5 Å². The Hall–Kier alpha value is -3.65. The number of ether oxygens (including phenoxy) is 2. The Labute approximate surface area is 231 Å². The van der Waals surface area contributed by atoms with Crippen molar-refractivity contribution < 1.29 is 32.2 Å². The molecule has 11 heteroatoms. The molecule has 0 radical (unpaired) electrons. The molecule has 0 bridgehead atoms. The fourth-order valence-corrected chi connectivity index (χ4v) is 4.87. The van der Waals surface area contributed by atoms with Gasteiger partial charge in [0, 0.05) is 12.1 Å². The zero-order valence-corrected chi connectivity index (χ0v) is 22.8. The highest BCUT2D eigenvalue weighted by Crippen LogP contribution is 2.39.